The Morgan fingerprint density at radius 3 is 2.60 bits per heavy atom. The van der Waals surface area contributed by atoms with E-state index in [1.165, 1.54) is 16.4 Å². The molecule has 0 radical (unpaired) electrons. The minimum atomic E-state index is -3.59. The van der Waals surface area contributed by atoms with E-state index in [-0.39, 0.29) is 16.4 Å². The largest absolute Gasteiger partial charge is 0.319 e. The average molecular weight is 498 g/mol. The maximum Gasteiger partial charge on any atom is 0.256 e. The zero-order chi connectivity index (χ0) is 21.7. The highest BCUT2D eigenvalue weighted by Gasteiger charge is 2.28. The van der Waals surface area contributed by atoms with Gasteiger partial charge in [0.15, 0.2) is 0 Å². The summed E-state index contributed by atoms with van der Waals surface area (Å²) in [6.45, 7) is 8.84. The summed E-state index contributed by atoms with van der Waals surface area (Å²) in [6, 6.07) is 4.56. The van der Waals surface area contributed by atoms with E-state index in [1.54, 1.807) is 23.1 Å². The summed E-state index contributed by atoms with van der Waals surface area (Å²) in [4.78, 5) is 15.2. The van der Waals surface area contributed by atoms with Gasteiger partial charge in [0, 0.05) is 30.3 Å². The van der Waals surface area contributed by atoms with E-state index in [0.29, 0.717) is 23.2 Å². The van der Waals surface area contributed by atoms with Gasteiger partial charge in [-0.1, -0.05) is 13.8 Å². The number of nitrogens with zero attached hydrogens (tertiary/aromatic N) is 4. The Kier molecular flexibility index (Phi) is 7.67. The Bertz CT molecular complexity index is 982. The van der Waals surface area contributed by atoms with Crippen molar-refractivity contribution in [2.45, 2.75) is 38.1 Å². The van der Waals surface area contributed by atoms with Crippen LogP contribution in [0.5, 0.6) is 0 Å². The van der Waals surface area contributed by atoms with Gasteiger partial charge < -0.3 is 10.2 Å². The molecule has 1 saturated heterocycles. The van der Waals surface area contributed by atoms with E-state index in [1.807, 2.05) is 0 Å². The molecule has 0 bridgehead atoms. The number of anilines is 1. The number of aromatic nitrogens is 2. The second-order valence-corrected chi connectivity index (χ2v) is 10.0. The van der Waals surface area contributed by atoms with E-state index in [9.17, 15) is 13.2 Å². The Hall–Kier alpha value is -1.75. The second kappa shape index (κ2) is 10.0. The van der Waals surface area contributed by atoms with Gasteiger partial charge in [0.1, 0.15) is 0 Å². The van der Waals surface area contributed by atoms with Gasteiger partial charge in [-0.05, 0) is 60.1 Å². The molecule has 3 rings (SSSR count). The molecule has 0 atom stereocenters. The topological polar surface area (TPSA) is 87.5 Å². The van der Waals surface area contributed by atoms with E-state index < -0.39 is 10.0 Å². The molecule has 0 spiro atoms. The number of halogens is 1. The lowest BCUT2D eigenvalue weighted by atomic mass is 10.2. The van der Waals surface area contributed by atoms with Crippen molar-refractivity contribution in [3.8, 4) is 0 Å². The van der Waals surface area contributed by atoms with Gasteiger partial charge >= 0.3 is 0 Å². The highest BCUT2D eigenvalue weighted by molar-refractivity contribution is 9.10. The Labute approximate surface area is 186 Å². The third-order valence-electron chi connectivity index (χ3n) is 5.32. The fourth-order valence-electron chi connectivity index (χ4n) is 3.45. The molecule has 2 aromatic rings. The monoisotopic (exact) mass is 497 g/mol. The molecule has 1 fully saturated rings. The van der Waals surface area contributed by atoms with E-state index in [2.05, 4.69) is 45.1 Å². The molecule has 1 N–H and O–H groups in total. The summed E-state index contributed by atoms with van der Waals surface area (Å²) in [5.74, 6) is -0.386. The first-order chi connectivity index (χ1) is 14.3. The summed E-state index contributed by atoms with van der Waals surface area (Å²) in [5, 5.41) is 7.10. The molecule has 1 aromatic heterocycles. The minimum Gasteiger partial charge on any atom is -0.319 e. The molecule has 2 heterocycles. The molecule has 10 heteroatoms. The minimum absolute atomic E-state index is 0.132. The van der Waals surface area contributed by atoms with Crippen LogP contribution >= 0.6 is 15.9 Å². The molecule has 1 amide bonds. The Balaban J connectivity index is 1.71. The third-order valence-corrected chi connectivity index (χ3v) is 7.90. The van der Waals surface area contributed by atoms with Gasteiger partial charge in [-0.15, -0.1) is 0 Å². The van der Waals surface area contributed by atoms with Crippen molar-refractivity contribution in [3.63, 3.8) is 0 Å². The lowest BCUT2D eigenvalue weighted by molar-refractivity contribution is 0.102. The van der Waals surface area contributed by atoms with Crippen LogP contribution in [0.15, 0.2) is 40.0 Å². The van der Waals surface area contributed by atoms with Crippen LogP contribution in [0.2, 0.25) is 0 Å². The maximum atomic E-state index is 12.8. The molecular weight excluding hydrogens is 470 g/mol. The van der Waals surface area contributed by atoms with Crippen LogP contribution in [0.4, 0.5) is 5.69 Å². The lowest BCUT2D eigenvalue weighted by Gasteiger charge is -2.17. The highest BCUT2D eigenvalue weighted by atomic mass is 79.9. The normalized spacial score (nSPS) is 15.1. The van der Waals surface area contributed by atoms with Crippen molar-refractivity contribution >= 4 is 37.5 Å². The fourth-order valence-corrected chi connectivity index (χ4v) is 5.42. The molecule has 30 heavy (non-hydrogen) atoms. The van der Waals surface area contributed by atoms with Crippen molar-refractivity contribution in [1.29, 1.82) is 0 Å². The van der Waals surface area contributed by atoms with Crippen LogP contribution in [-0.2, 0) is 16.6 Å². The summed E-state index contributed by atoms with van der Waals surface area (Å²) >= 11 is 3.36. The summed E-state index contributed by atoms with van der Waals surface area (Å²) in [5.41, 5.74) is 0.838. The fraction of sp³-hybridized carbons (Fsp3) is 0.500. The predicted molar refractivity (Wildman–Crippen MR) is 120 cm³/mol. The first-order valence-electron chi connectivity index (χ1n) is 10.2. The van der Waals surface area contributed by atoms with E-state index in [0.717, 1.165) is 39.0 Å². The maximum absolute atomic E-state index is 12.8. The van der Waals surface area contributed by atoms with Crippen molar-refractivity contribution < 1.29 is 13.2 Å². The molecule has 164 valence electrons. The van der Waals surface area contributed by atoms with Crippen LogP contribution in [-0.4, -0.2) is 66.0 Å². The summed E-state index contributed by atoms with van der Waals surface area (Å²) in [6.07, 6.45) is 5.10. The smallest absolute Gasteiger partial charge is 0.256 e. The van der Waals surface area contributed by atoms with Crippen LogP contribution in [0.25, 0.3) is 0 Å². The molecule has 1 aliphatic rings. The van der Waals surface area contributed by atoms with Gasteiger partial charge in [0.05, 0.1) is 28.9 Å². The van der Waals surface area contributed by atoms with E-state index >= 15 is 0 Å². The molecule has 8 nitrogen and oxygen atoms in total. The van der Waals surface area contributed by atoms with Crippen LogP contribution in [0, 0.1) is 0 Å². The number of sulfonamides is 1. The Morgan fingerprint density at radius 2 is 1.93 bits per heavy atom. The number of carbonyl (C=O) groups is 1. The quantitative estimate of drug-likeness (QED) is 0.575. The average Bonchev–Trinajstić information content (AvgIpc) is 3.41. The number of carbonyl (C=O) groups excluding carboxylic acids is 1. The van der Waals surface area contributed by atoms with Crippen LogP contribution in [0.1, 0.15) is 37.0 Å². The molecule has 1 aromatic carbocycles. The zero-order valence-electron chi connectivity index (χ0n) is 17.3. The van der Waals surface area contributed by atoms with Crippen molar-refractivity contribution in [3.05, 3.63) is 40.6 Å². The standard InChI is InChI=1S/C20H28BrN5O3S/c1-3-24(4-2)11-12-25-15-16(14-22-25)23-20(27)18-13-17(7-8-19(18)21)30(28,29)26-9-5-6-10-26/h7-8,13-15H,3-6,9-12H2,1-2H3,(H,23,27). The number of likely N-dealkylation sites (N-methyl/N-ethyl adjacent to an activating group) is 1. The SMILES string of the molecule is CCN(CC)CCn1cc(NC(=O)c2cc(S(=O)(=O)N3CCCC3)ccc2Br)cn1. The van der Waals surface area contributed by atoms with Crippen molar-refractivity contribution in [2.24, 2.45) is 0 Å². The Morgan fingerprint density at radius 1 is 1.23 bits per heavy atom. The lowest BCUT2D eigenvalue weighted by Crippen LogP contribution is -2.28. The second-order valence-electron chi connectivity index (χ2n) is 7.23. The van der Waals surface area contributed by atoms with Gasteiger partial charge in [0.25, 0.3) is 5.91 Å². The summed E-state index contributed by atoms with van der Waals surface area (Å²) < 4.78 is 29.4. The van der Waals surface area contributed by atoms with Gasteiger partial charge in [-0.25, -0.2) is 8.42 Å². The number of amides is 1. The van der Waals surface area contributed by atoms with E-state index in [4.69, 9.17) is 0 Å². The number of hydrogen-bond acceptors (Lipinski definition) is 5. The molecule has 0 saturated carbocycles. The number of benzene rings is 1. The molecule has 0 aliphatic carbocycles. The first kappa shape index (κ1) is 22.9. The zero-order valence-corrected chi connectivity index (χ0v) is 19.7. The van der Waals surface area contributed by atoms with Crippen molar-refractivity contribution in [2.75, 3.05) is 38.0 Å². The number of hydrogen-bond donors (Lipinski definition) is 1. The summed E-state index contributed by atoms with van der Waals surface area (Å²) in [7, 11) is -3.59. The highest BCUT2D eigenvalue weighted by Crippen LogP contribution is 2.26. The van der Waals surface area contributed by atoms with Gasteiger partial charge in [-0.3, -0.25) is 9.48 Å². The van der Waals surface area contributed by atoms with Gasteiger partial charge in [0.2, 0.25) is 10.0 Å². The number of rotatable bonds is 9. The van der Waals surface area contributed by atoms with Gasteiger partial charge in [-0.2, -0.15) is 9.40 Å². The van der Waals surface area contributed by atoms with Crippen molar-refractivity contribution in [1.82, 2.24) is 19.0 Å². The molecule has 1 aliphatic heterocycles. The third kappa shape index (κ3) is 5.29. The predicted octanol–water partition coefficient (Wildman–Crippen LogP) is 3.02. The van der Waals surface area contributed by atoms with Crippen LogP contribution < -0.4 is 5.32 Å². The first-order valence-corrected chi connectivity index (χ1v) is 12.4. The number of nitrogens with one attached hydrogen (secondary N) is 1. The molecule has 0 unspecified atom stereocenters. The molecular formula is C20H28BrN5O3S. The van der Waals surface area contributed by atoms with Crippen LogP contribution in [0.3, 0.4) is 0 Å².